The van der Waals surface area contributed by atoms with Crippen molar-refractivity contribution in [3.63, 3.8) is 0 Å². The van der Waals surface area contributed by atoms with E-state index < -0.39 is 36.4 Å². The van der Waals surface area contributed by atoms with Crippen molar-refractivity contribution < 1.29 is 24.5 Å². The molecular formula is C18H20N8O5. The molecule has 1 aliphatic heterocycles. The number of carbonyl (C=O) groups is 2. The van der Waals surface area contributed by atoms with Crippen molar-refractivity contribution in [2.75, 3.05) is 12.0 Å². The molecule has 13 heteroatoms. The van der Waals surface area contributed by atoms with Crippen LogP contribution in [0.3, 0.4) is 0 Å². The standard InChI is InChI=1S/C18H20N8O5/c1-2-20-17(30)13-11(27)12(28)18(31-13)26-8-23-10-14(21-7-22-15(10)26)24-25-16(29)9-4-3-5-19-6-9/h3-8,11-13,18,27-28H,2H2,1H3,(H,20,30)(H,25,29)(H,21,22,24)/t11-,12+,13-,18+/m1/s1. The van der Waals surface area contributed by atoms with Crippen LogP contribution in [0.5, 0.6) is 0 Å². The fraction of sp³-hybridized carbons (Fsp3) is 0.333. The number of anilines is 1. The molecule has 0 saturated carbocycles. The van der Waals surface area contributed by atoms with Gasteiger partial charge in [0.2, 0.25) is 0 Å². The number of hydrazine groups is 1. The largest absolute Gasteiger partial charge is 0.387 e. The lowest BCUT2D eigenvalue weighted by Gasteiger charge is -2.16. The molecule has 13 nitrogen and oxygen atoms in total. The summed E-state index contributed by atoms with van der Waals surface area (Å²) < 4.78 is 6.99. The first-order valence-electron chi connectivity index (χ1n) is 9.44. The Kier molecular flexibility index (Phi) is 5.70. The Bertz CT molecular complexity index is 1090. The van der Waals surface area contributed by atoms with Crippen LogP contribution in [0.4, 0.5) is 5.82 Å². The molecule has 2 amide bonds. The molecule has 31 heavy (non-hydrogen) atoms. The normalized spacial score (nSPS) is 22.9. The fourth-order valence-corrected chi connectivity index (χ4v) is 3.20. The van der Waals surface area contributed by atoms with E-state index in [-0.39, 0.29) is 17.0 Å². The first kappa shape index (κ1) is 20.6. The van der Waals surface area contributed by atoms with E-state index in [2.05, 4.69) is 36.1 Å². The molecule has 0 aromatic carbocycles. The Morgan fingerprint density at radius 1 is 1.23 bits per heavy atom. The summed E-state index contributed by atoms with van der Waals surface area (Å²) in [5.74, 6) is -0.757. The highest BCUT2D eigenvalue weighted by molar-refractivity contribution is 5.95. The number of fused-ring (bicyclic) bond motifs is 1. The fourth-order valence-electron chi connectivity index (χ4n) is 3.20. The third kappa shape index (κ3) is 3.88. The zero-order valence-electron chi connectivity index (χ0n) is 16.3. The maximum absolute atomic E-state index is 12.2. The van der Waals surface area contributed by atoms with E-state index in [1.165, 1.54) is 23.4 Å². The van der Waals surface area contributed by atoms with Crippen molar-refractivity contribution >= 4 is 28.8 Å². The third-order valence-corrected chi connectivity index (χ3v) is 4.70. The summed E-state index contributed by atoms with van der Waals surface area (Å²) in [5, 5.41) is 23.2. The van der Waals surface area contributed by atoms with Crippen molar-refractivity contribution in [2.24, 2.45) is 0 Å². The van der Waals surface area contributed by atoms with Gasteiger partial charge in [0.1, 0.15) is 18.5 Å². The van der Waals surface area contributed by atoms with E-state index in [0.29, 0.717) is 12.1 Å². The SMILES string of the molecule is CCNC(=O)[C@@H]1O[C@H](n2cnc3c(NNC(=O)c4cccnc4)ncnc32)[C@@H](O)[C@H]1O. The first-order chi connectivity index (χ1) is 15.0. The van der Waals surface area contributed by atoms with Crippen LogP contribution in [0.1, 0.15) is 23.5 Å². The van der Waals surface area contributed by atoms with Crippen LogP contribution in [0.15, 0.2) is 37.2 Å². The summed E-state index contributed by atoms with van der Waals surface area (Å²) >= 11 is 0. The molecule has 1 saturated heterocycles. The number of hydrogen-bond acceptors (Lipinski definition) is 10. The molecule has 162 valence electrons. The first-order valence-corrected chi connectivity index (χ1v) is 9.44. The average molecular weight is 428 g/mol. The number of hydrogen-bond donors (Lipinski definition) is 5. The number of likely N-dealkylation sites (N-methyl/N-ethyl adjacent to an activating group) is 1. The van der Waals surface area contributed by atoms with E-state index in [4.69, 9.17) is 4.74 Å². The number of nitrogens with zero attached hydrogens (tertiary/aromatic N) is 5. The third-order valence-electron chi connectivity index (χ3n) is 4.70. The van der Waals surface area contributed by atoms with Gasteiger partial charge in [-0.15, -0.1) is 0 Å². The van der Waals surface area contributed by atoms with Gasteiger partial charge in [-0.1, -0.05) is 0 Å². The maximum Gasteiger partial charge on any atom is 0.271 e. The van der Waals surface area contributed by atoms with Crippen LogP contribution >= 0.6 is 0 Å². The number of amides is 2. The van der Waals surface area contributed by atoms with Crippen LogP contribution in [0.2, 0.25) is 0 Å². The topological polar surface area (TPSA) is 176 Å². The number of carbonyl (C=O) groups excluding carboxylic acids is 2. The molecule has 0 spiro atoms. The Morgan fingerprint density at radius 2 is 2.06 bits per heavy atom. The van der Waals surface area contributed by atoms with Crippen LogP contribution < -0.4 is 16.2 Å². The number of pyridine rings is 1. The average Bonchev–Trinajstić information content (AvgIpc) is 3.34. The minimum atomic E-state index is -1.42. The minimum absolute atomic E-state index is 0.203. The van der Waals surface area contributed by atoms with Crippen molar-refractivity contribution in [2.45, 2.75) is 31.5 Å². The number of aromatic nitrogens is 5. The van der Waals surface area contributed by atoms with E-state index in [9.17, 15) is 19.8 Å². The molecular weight excluding hydrogens is 408 g/mol. The predicted molar refractivity (Wildman–Crippen MR) is 105 cm³/mol. The molecule has 0 bridgehead atoms. The highest BCUT2D eigenvalue weighted by Crippen LogP contribution is 2.32. The number of imidazole rings is 1. The van der Waals surface area contributed by atoms with Gasteiger partial charge in [-0.25, -0.2) is 15.0 Å². The van der Waals surface area contributed by atoms with Crippen molar-refractivity contribution in [3.05, 3.63) is 42.7 Å². The number of ether oxygens (including phenoxy) is 1. The van der Waals surface area contributed by atoms with Gasteiger partial charge < -0.3 is 20.3 Å². The van der Waals surface area contributed by atoms with Gasteiger partial charge in [0.05, 0.1) is 11.9 Å². The van der Waals surface area contributed by atoms with Crippen LogP contribution in [0, 0.1) is 0 Å². The molecule has 1 aliphatic rings. The zero-order chi connectivity index (χ0) is 22.0. The number of rotatable bonds is 6. The van der Waals surface area contributed by atoms with Gasteiger partial charge in [0.15, 0.2) is 29.3 Å². The highest BCUT2D eigenvalue weighted by Gasteiger charge is 2.47. The Balaban J connectivity index is 1.55. The molecule has 5 N–H and O–H groups in total. The van der Waals surface area contributed by atoms with E-state index >= 15 is 0 Å². The van der Waals surface area contributed by atoms with Crippen LogP contribution in [0.25, 0.3) is 11.2 Å². The zero-order valence-corrected chi connectivity index (χ0v) is 16.3. The summed E-state index contributed by atoms with van der Waals surface area (Å²) in [4.78, 5) is 40.6. The lowest BCUT2D eigenvalue weighted by Crippen LogP contribution is -2.42. The second-order valence-electron chi connectivity index (χ2n) is 6.69. The van der Waals surface area contributed by atoms with Gasteiger partial charge in [0, 0.05) is 18.9 Å². The molecule has 4 atom stereocenters. The Labute approximate surface area is 175 Å². The van der Waals surface area contributed by atoms with Crippen molar-refractivity contribution in [1.29, 1.82) is 0 Å². The second-order valence-corrected chi connectivity index (χ2v) is 6.69. The summed E-state index contributed by atoms with van der Waals surface area (Å²) in [6.45, 7) is 2.09. The highest BCUT2D eigenvalue weighted by atomic mass is 16.6. The van der Waals surface area contributed by atoms with Gasteiger partial charge in [-0.05, 0) is 19.1 Å². The van der Waals surface area contributed by atoms with Crippen LogP contribution in [-0.2, 0) is 9.53 Å². The van der Waals surface area contributed by atoms with E-state index in [0.717, 1.165) is 0 Å². The van der Waals surface area contributed by atoms with Gasteiger partial charge >= 0.3 is 0 Å². The summed E-state index contributed by atoms with van der Waals surface area (Å²) in [6, 6.07) is 3.23. The lowest BCUT2D eigenvalue weighted by atomic mass is 10.1. The summed E-state index contributed by atoms with van der Waals surface area (Å²) in [6.07, 6.45) is 0.394. The van der Waals surface area contributed by atoms with E-state index in [1.807, 2.05) is 0 Å². The van der Waals surface area contributed by atoms with Gasteiger partial charge in [0.25, 0.3) is 11.8 Å². The number of aliphatic hydroxyl groups is 2. The number of aliphatic hydroxyl groups excluding tert-OH is 2. The Hall–Kier alpha value is -3.68. The molecule has 3 aromatic heterocycles. The van der Waals surface area contributed by atoms with Crippen LogP contribution in [-0.4, -0.2) is 71.4 Å². The molecule has 0 radical (unpaired) electrons. The molecule has 4 rings (SSSR count). The second kappa shape index (κ2) is 8.59. The van der Waals surface area contributed by atoms with Gasteiger partial charge in [-0.3, -0.25) is 30.0 Å². The molecule has 0 unspecified atom stereocenters. The molecule has 1 fully saturated rings. The van der Waals surface area contributed by atoms with Crippen molar-refractivity contribution in [1.82, 2.24) is 35.2 Å². The Morgan fingerprint density at radius 3 is 2.81 bits per heavy atom. The monoisotopic (exact) mass is 428 g/mol. The quantitative estimate of drug-likeness (QED) is 0.298. The smallest absolute Gasteiger partial charge is 0.271 e. The maximum atomic E-state index is 12.2. The van der Waals surface area contributed by atoms with E-state index in [1.54, 1.807) is 25.3 Å². The molecule has 0 aliphatic carbocycles. The summed E-state index contributed by atoms with van der Waals surface area (Å²) in [7, 11) is 0. The molecule has 4 heterocycles. The predicted octanol–water partition coefficient (Wildman–Crippen LogP) is -1.27. The van der Waals surface area contributed by atoms with Gasteiger partial charge in [-0.2, -0.15) is 0 Å². The van der Waals surface area contributed by atoms with Crippen molar-refractivity contribution in [3.8, 4) is 0 Å². The molecule has 3 aromatic rings. The number of nitrogens with one attached hydrogen (secondary N) is 3. The summed E-state index contributed by atoms with van der Waals surface area (Å²) in [5.41, 5.74) is 6.07. The minimum Gasteiger partial charge on any atom is -0.387 e. The lowest BCUT2D eigenvalue weighted by molar-refractivity contribution is -0.137.